The van der Waals surface area contributed by atoms with Crippen molar-refractivity contribution in [1.82, 2.24) is 15.5 Å². The van der Waals surface area contributed by atoms with E-state index in [-0.39, 0.29) is 18.1 Å². The molecule has 0 radical (unpaired) electrons. The highest BCUT2D eigenvalue weighted by Gasteiger charge is 2.27. The predicted octanol–water partition coefficient (Wildman–Crippen LogP) is 0.982. The van der Waals surface area contributed by atoms with Gasteiger partial charge in [-0.25, -0.2) is 0 Å². The number of aryl methyl sites for hydroxylation is 1. The molecule has 0 aliphatic carbocycles. The van der Waals surface area contributed by atoms with Crippen LogP contribution in [0.5, 0.6) is 0 Å². The molecule has 6 nitrogen and oxygen atoms in total. The van der Waals surface area contributed by atoms with E-state index in [1.54, 1.807) is 0 Å². The Balaban J connectivity index is 1.47. The van der Waals surface area contributed by atoms with Gasteiger partial charge in [0.15, 0.2) is 5.82 Å². The Kier molecular flexibility index (Phi) is 3.91. The van der Waals surface area contributed by atoms with Gasteiger partial charge < -0.3 is 15.0 Å². The standard InChI is InChI=1S/C14H22N4O2/c1-10-9-13(17-16-10)18-6-4-11(5-7-18)15-14(19)12-3-2-8-20-12/h9,11-12H,2-8H2,1H3,(H,15,19)(H,16,17). The summed E-state index contributed by atoms with van der Waals surface area (Å²) in [6, 6.07) is 2.33. The largest absolute Gasteiger partial charge is 0.368 e. The molecule has 6 heteroatoms. The molecule has 1 unspecified atom stereocenters. The van der Waals surface area contributed by atoms with Crippen molar-refractivity contribution in [2.45, 2.75) is 44.8 Å². The molecule has 1 atom stereocenters. The van der Waals surface area contributed by atoms with Crippen LogP contribution in [0.25, 0.3) is 0 Å². The molecule has 2 saturated heterocycles. The van der Waals surface area contributed by atoms with E-state index >= 15 is 0 Å². The molecule has 2 N–H and O–H groups in total. The molecule has 20 heavy (non-hydrogen) atoms. The Morgan fingerprint density at radius 3 is 2.85 bits per heavy atom. The monoisotopic (exact) mass is 278 g/mol. The SMILES string of the molecule is Cc1cc(N2CCC(NC(=O)C3CCCO3)CC2)n[nH]1. The first-order chi connectivity index (χ1) is 9.72. The Bertz CT molecular complexity index is 459. The van der Waals surface area contributed by atoms with Gasteiger partial charge >= 0.3 is 0 Å². The fourth-order valence-electron chi connectivity index (χ4n) is 2.90. The molecule has 2 aliphatic rings. The number of nitrogens with one attached hydrogen (secondary N) is 2. The second-order valence-electron chi connectivity index (χ2n) is 5.68. The number of aromatic amines is 1. The Morgan fingerprint density at radius 1 is 1.45 bits per heavy atom. The van der Waals surface area contributed by atoms with Crippen molar-refractivity contribution in [2.24, 2.45) is 0 Å². The van der Waals surface area contributed by atoms with Crippen LogP contribution < -0.4 is 10.2 Å². The highest BCUT2D eigenvalue weighted by Crippen LogP contribution is 2.19. The molecule has 1 aromatic heterocycles. The van der Waals surface area contributed by atoms with Crippen LogP contribution in [0.2, 0.25) is 0 Å². The normalized spacial score (nSPS) is 24.1. The lowest BCUT2D eigenvalue weighted by Crippen LogP contribution is -2.47. The van der Waals surface area contributed by atoms with Crippen LogP contribution in [-0.2, 0) is 9.53 Å². The zero-order chi connectivity index (χ0) is 13.9. The first-order valence-electron chi connectivity index (χ1n) is 7.41. The summed E-state index contributed by atoms with van der Waals surface area (Å²) in [5.41, 5.74) is 1.08. The number of hydrogen-bond donors (Lipinski definition) is 2. The van der Waals surface area contributed by atoms with Crippen molar-refractivity contribution in [3.05, 3.63) is 11.8 Å². The van der Waals surface area contributed by atoms with Crippen LogP contribution in [-0.4, -0.2) is 47.9 Å². The van der Waals surface area contributed by atoms with Gasteiger partial charge in [-0.2, -0.15) is 5.10 Å². The molecule has 2 fully saturated rings. The minimum atomic E-state index is -0.220. The van der Waals surface area contributed by atoms with Crippen molar-refractivity contribution >= 4 is 11.7 Å². The average Bonchev–Trinajstić information content (AvgIpc) is 3.10. The number of nitrogens with zero attached hydrogens (tertiary/aromatic N) is 2. The summed E-state index contributed by atoms with van der Waals surface area (Å²) in [4.78, 5) is 14.3. The quantitative estimate of drug-likeness (QED) is 0.865. The summed E-state index contributed by atoms with van der Waals surface area (Å²) >= 11 is 0. The zero-order valence-corrected chi connectivity index (χ0v) is 11.9. The van der Waals surface area contributed by atoms with E-state index in [1.807, 2.05) is 6.92 Å². The van der Waals surface area contributed by atoms with Crippen molar-refractivity contribution in [3.63, 3.8) is 0 Å². The Morgan fingerprint density at radius 2 is 2.25 bits per heavy atom. The Labute approximate surface area is 118 Å². The summed E-state index contributed by atoms with van der Waals surface area (Å²) in [6.07, 6.45) is 3.56. The maximum absolute atomic E-state index is 12.0. The first-order valence-corrected chi connectivity index (χ1v) is 7.41. The van der Waals surface area contributed by atoms with Gasteiger partial charge in [0.05, 0.1) is 0 Å². The highest BCUT2D eigenvalue weighted by atomic mass is 16.5. The second kappa shape index (κ2) is 5.83. The smallest absolute Gasteiger partial charge is 0.249 e. The number of carbonyl (C=O) groups is 1. The van der Waals surface area contributed by atoms with Crippen LogP contribution in [0.4, 0.5) is 5.82 Å². The van der Waals surface area contributed by atoms with Crippen LogP contribution in [0.1, 0.15) is 31.4 Å². The van der Waals surface area contributed by atoms with Gasteiger partial charge in [-0.3, -0.25) is 9.89 Å². The number of aromatic nitrogens is 2. The lowest BCUT2D eigenvalue weighted by atomic mass is 10.0. The van der Waals surface area contributed by atoms with E-state index in [2.05, 4.69) is 26.5 Å². The fraction of sp³-hybridized carbons (Fsp3) is 0.714. The van der Waals surface area contributed by atoms with E-state index in [0.29, 0.717) is 0 Å². The van der Waals surface area contributed by atoms with E-state index in [9.17, 15) is 4.79 Å². The van der Waals surface area contributed by atoms with Crippen LogP contribution in [0.15, 0.2) is 6.07 Å². The van der Waals surface area contributed by atoms with Crippen molar-refractivity contribution in [3.8, 4) is 0 Å². The molecule has 1 aromatic rings. The predicted molar refractivity (Wildman–Crippen MR) is 75.7 cm³/mol. The highest BCUT2D eigenvalue weighted by molar-refractivity contribution is 5.81. The van der Waals surface area contributed by atoms with Crippen LogP contribution in [0, 0.1) is 6.92 Å². The van der Waals surface area contributed by atoms with Gasteiger partial charge in [0.2, 0.25) is 5.91 Å². The molecule has 3 heterocycles. The van der Waals surface area contributed by atoms with E-state index in [1.165, 1.54) is 0 Å². The number of piperidine rings is 1. The maximum Gasteiger partial charge on any atom is 0.249 e. The molecule has 0 aromatic carbocycles. The summed E-state index contributed by atoms with van der Waals surface area (Å²) < 4.78 is 5.41. The third-order valence-electron chi connectivity index (χ3n) is 4.08. The first kappa shape index (κ1) is 13.4. The molecule has 0 spiro atoms. The molecule has 3 rings (SSSR count). The summed E-state index contributed by atoms with van der Waals surface area (Å²) in [6.45, 7) is 4.58. The molecule has 0 bridgehead atoms. The number of carbonyl (C=O) groups excluding carboxylic acids is 1. The number of rotatable bonds is 3. The third kappa shape index (κ3) is 2.95. The zero-order valence-electron chi connectivity index (χ0n) is 11.9. The fourth-order valence-corrected chi connectivity index (χ4v) is 2.90. The summed E-state index contributed by atoms with van der Waals surface area (Å²) in [5.74, 6) is 1.07. The molecule has 2 aliphatic heterocycles. The van der Waals surface area contributed by atoms with E-state index in [0.717, 1.165) is 56.9 Å². The van der Waals surface area contributed by atoms with Crippen LogP contribution in [0.3, 0.4) is 0 Å². The van der Waals surface area contributed by atoms with Gasteiger partial charge in [0.1, 0.15) is 6.10 Å². The topological polar surface area (TPSA) is 70.2 Å². The van der Waals surface area contributed by atoms with E-state index in [4.69, 9.17) is 4.74 Å². The average molecular weight is 278 g/mol. The maximum atomic E-state index is 12.0. The van der Waals surface area contributed by atoms with Crippen molar-refractivity contribution in [1.29, 1.82) is 0 Å². The van der Waals surface area contributed by atoms with Crippen LogP contribution >= 0.6 is 0 Å². The van der Waals surface area contributed by atoms with Gasteiger partial charge in [-0.05, 0) is 32.6 Å². The molecule has 0 saturated carbocycles. The van der Waals surface area contributed by atoms with E-state index < -0.39 is 0 Å². The lowest BCUT2D eigenvalue weighted by molar-refractivity contribution is -0.130. The van der Waals surface area contributed by atoms with Gasteiger partial charge in [-0.1, -0.05) is 0 Å². The third-order valence-corrected chi connectivity index (χ3v) is 4.08. The number of hydrogen-bond acceptors (Lipinski definition) is 4. The second-order valence-corrected chi connectivity index (χ2v) is 5.68. The Hall–Kier alpha value is -1.56. The lowest BCUT2D eigenvalue weighted by Gasteiger charge is -2.32. The minimum Gasteiger partial charge on any atom is -0.368 e. The number of ether oxygens (including phenoxy) is 1. The number of amides is 1. The molecule has 1 amide bonds. The van der Waals surface area contributed by atoms with Gasteiger partial charge in [0.25, 0.3) is 0 Å². The van der Waals surface area contributed by atoms with Crippen molar-refractivity contribution < 1.29 is 9.53 Å². The van der Waals surface area contributed by atoms with Crippen molar-refractivity contribution in [2.75, 3.05) is 24.6 Å². The summed E-state index contributed by atoms with van der Waals surface area (Å²) in [5, 5.41) is 10.4. The van der Waals surface area contributed by atoms with Gasteiger partial charge in [-0.15, -0.1) is 0 Å². The number of H-pyrrole nitrogens is 1. The number of anilines is 1. The minimum absolute atomic E-state index is 0.0663. The molecular formula is C14H22N4O2. The summed E-state index contributed by atoms with van der Waals surface area (Å²) in [7, 11) is 0. The van der Waals surface area contributed by atoms with Gasteiger partial charge in [0, 0.05) is 37.5 Å². The molecular weight excluding hydrogens is 256 g/mol. The molecule has 110 valence electrons.